The zero-order chi connectivity index (χ0) is 15.6. The van der Waals surface area contributed by atoms with Crippen molar-refractivity contribution in [3.05, 3.63) is 58.4 Å². The van der Waals surface area contributed by atoms with Gasteiger partial charge >= 0.3 is 0 Å². The van der Waals surface area contributed by atoms with Crippen molar-refractivity contribution < 1.29 is 4.74 Å². The van der Waals surface area contributed by atoms with Crippen LogP contribution in [0.4, 0.5) is 0 Å². The number of hydrogen-bond donors (Lipinski definition) is 1. The minimum atomic E-state index is 0.971. The maximum atomic E-state index is 5.42. The van der Waals surface area contributed by atoms with Crippen LogP contribution < -0.4 is 4.74 Å². The van der Waals surface area contributed by atoms with Crippen molar-refractivity contribution in [2.45, 2.75) is 13.0 Å². The number of nitrogens with zero attached hydrogens (tertiary/aromatic N) is 1. The summed E-state index contributed by atoms with van der Waals surface area (Å²) in [5.74, 6) is 1.02. The number of rotatable bonds is 4. The minimum Gasteiger partial charge on any atom is -0.496 e. The van der Waals surface area contributed by atoms with E-state index in [1.807, 2.05) is 0 Å². The second-order valence-electron chi connectivity index (χ2n) is 5.87. The lowest BCUT2D eigenvalue weighted by Crippen LogP contribution is -2.27. The summed E-state index contributed by atoms with van der Waals surface area (Å²) in [7, 11) is 1.75. The number of aromatic amines is 1. The Kier molecular flexibility index (Phi) is 3.93. The lowest BCUT2D eigenvalue weighted by Gasteiger charge is -2.26. The molecular formula is C19H20N2OS. The van der Waals surface area contributed by atoms with E-state index >= 15 is 0 Å². The fourth-order valence-corrected chi connectivity index (χ4v) is 4.15. The predicted molar refractivity (Wildman–Crippen MR) is 97.0 cm³/mol. The van der Waals surface area contributed by atoms with Crippen LogP contribution in [0.5, 0.6) is 5.75 Å². The average molecular weight is 324 g/mol. The Morgan fingerprint density at radius 2 is 2.17 bits per heavy atom. The Bertz CT molecular complexity index is 846. The molecule has 3 aromatic rings. The van der Waals surface area contributed by atoms with Crippen molar-refractivity contribution in [2.75, 3.05) is 20.2 Å². The molecule has 0 spiro atoms. The van der Waals surface area contributed by atoms with Gasteiger partial charge in [-0.2, -0.15) is 0 Å². The number of para-hydroxylation sites is 1. The Morgan fingerprint density at radius 3 is 3.00 bits per heavy atom. The normalized spacial score (nSPS) is 15.8. The largest absolute Gasteiger partial charge is 0.496 e. The third kappa shape index (κ3) is 2.80. The molecule has 1 aliphatic rings. The van der Waals surface area contributed by atoms with Crippen molar-refractivity contribution in [1.29, 1.82) is 0 Å². The van der Waals surface area contributed by atoms with Crippen LogP contribution in [0.1, 0.15) is 16.9 Å². The molecule has 0 radical (unpaired) electrons. The Balaban J connectivity index is 1.51. The predicted octanol–water partition coefficient (Wildman–Crippen LogP) is 4.53. The molecule has 1 aromatic carbocycles. The highest BCUT2D eigenvalue weighted by Crippen LogP contribution is 2.31. The van der Waals surface area contributed by atoms with Crippen molar-refractivity contribution in [2.24, 2.45) is 0 Å². The summed E-state index contributed by atoms with van der Waals surface area (Å²) in [6.45, 7) is 3.06. The van der Waals surface area contributed by atoms with Gasteiger partial charge < -0.3 is 9.72 Å². The number of fused-ring (bicyclic) bond motifs is 1. The average Bonchev–Trinajstić information content (AvgIpc) is 3.22. The first-order valence-corrected chi connectivity index (χ1v) is 8.81. The molecule has 0 atom stereocenters. The first-order valence-electron chi connectivity index (χ1n) is 7.93. The van der Waals surface area contributed by atoms with E-state index in [1.54, 1.807) is 18.4 Å². The van der Waals surface area contributed by atoms with Gasteiger partial charge in [-0.25, -0.2) is 0 Å². The van der Waals surface area contributed by atoms with E-state index in [1.165, 1.54) is 26.9 Å². The number of hydrogen-bond acceptors (Lipinski definition) is 3. The second-order valence-corrected chi connectivity index (χ2v) is 6.88. The van der Waals surface area contributed by atoms with Gasteiger partial charge in [-0.15, -0.1) is 11.3 Å². The molecule has 1 aliphatic heterocycles. The number of aromatic nitrogens is 1. The van der Waals surface area contributed by atoms with E-state index in [9.17, 15) is 0 Å². The molecule has 0 aliphatic carbocycles. The maximum absolute atomic E-state index is 5.42. The molecule has 118 valence electrons. The van der Waals surface area contributed by atoms with E-state index in [0.29, 0.717) is 0 Å². The van der Waals surface area contributed by atoms with Crippen LogP contribution in [0.15, 0.2) is 48.0 Å². The van der Waals surface area contributed by atoms with Crippen LogP contribution in [0.3, 0.4) is 0 Å². The fraction of sp³-hybridized carbons (Fsp3) is 0.263. The lowest BCUT2D eigenvalue weighted by molar-refractivity contribution is 0.291. The smallest absolute Gasteiger partial charge is 0.134 e. The summed E-state index contributed by atoms with van der Waals surface area (Å²) in [4.78, 5) is 7.17. The van der Waals surface area contributed by atoms with Gasteiger partial charge in [0.05, 0.1) is 12.0 Å². The van der Waals surface area contributed by atoms with Crippen LogP contribution in [-0.2, 0) is 6.54 Å². The molecule has 0 saturated carbocycles. The van der Waals surface area contributed by atoms with Gasteiger partial charge in [-0.1, -0.05) is 24.3 Å². The molecule has 3 nitrogen and oxygen atoms in total. The standard InChI is InChI=1S/C19H20N2OS/c1-22-18-8-11-23-19(18)13-21-9-6-14(7-10-21)16-12-20-17-5-3-2-4-15(16)17/h2-6,8,11-12,20H,7,9-10,13H2,1H3. The number of benzene rings is 1. The van der Waals surface area contributed by atoms with Gasteiger partial charge in [0, 0.05) is 42.3 Å². The Hall–Kier alpha value is -2.04. The molecule has 2 aromatic heterocycles. The first kappa shape index (κ1) is 14.5. The minimum absolute atomic E-state index is 0.971. The topological polar surface area (TPSA) is 28.3 Å². The van der Waals surface area contributed by atoms with E-state index in [-0.39, 0.29) is 0 Å². The maximum Gasteiger partial charge on any atom is 0.134 e. The lowest BCUT2D eigenvalue weighted by atomic mass is 9.99. The molecule has 4 rings (SSSR count). The number of ether oxygens (including phenoxy) is 1. The van der Waals surface area contributed by atoms with Gasteiger partial charge in [-0.3, -0.25) is 4.90 Å². The molecule has 0 amide bonds. The van der Waals surface area contributed by atoms with Gasteiger partial charge in [0.25, 0.3) is 0 Å². The fourth-order valence-electron chi connectivity index (χ4n) is 3.27. The summed E-state index contributed by atoms with van der Waals surface area (Å²) in [6, 6.07) is 10.6. The highest BCUT2D eigenvalue weighted by Gasteiger charge is 2.17. The van der Waals surface area contributed by atoms with Gasteiger partial charge in [0.15, 0.2) is 0 Å². The van der Waals surface area contributed by atoms with Crippen LogP contribution in [0.2, 0.25) is 0 Å². The summed E-state index contributed by atoms with van der Waals surface area (Å²) in [5.41, 5.74) is 4.03. The molecule has 3 heterocycles. The van der Waals surface area contributed by atoms with E-state index in [4.69, 9.17) is 4.74 Å². The van der Waals surface area contributed by atoms with E-state index < -0.39 is 0 Å². The number of thiophene rings is 1. The van der Waals surface area contributed by atoms with Crippen LogP contribution >= 0.6 is 11.3 Å². The Morgan fingerprint density at radius 1 is 1.26 bits per heavy atom. The molecule has 0 saturated heterocycles. The number of nitrogens with one attached hydrogen (secondary N) is 1. The monoisotopic (exact) mass is 324 g/mol. The van der Waals surface area contributed by atoms with Crippen LogP contribution in [0, 0.1) is 0 Å². The SMILES string of the molecule is COc1ccsc1CN1CC=C(c2c[nH]c3ccccc23)CC1. The number of H-pyrrole nitrogens is 1. The molecule has 4 heteroatoms. The Labute approximate surface area is 140 Å². The third-order valence-corrected chi connectivity index (χ3v) is 5.41. The highest BCUT2D eigenvalue weighted by atomic mass is 32.1. The van der Waals surface area contributed by atoms with E-state index in [2.05, 4.69) is 57.9 Å². The first-order chi connectivity index (χ1) is 11.3. The summed E-state index contributed by atoms with van der Waals surface area (Å²) in [5, 5.41) is 3.43. The van der Waals surface area contributed by atoms with Crippen LogP contribution in [-0.4, -0.2) is 30.1 Å². The van der Waals surface area contributed by atoms with Gasteiger partial charge in [0.1, 0.15) is 5.75 Å². The molecule has 0 bridgehead atoms. The van der Waals surface area contributed by atoms with Crippen molar-refractivity contribution >= 4 is 27.8 Å². The quantitative estimate of drug-likeness (QED) is 0.764. The molecular weight excluding hydrogens is 304 g/mol. The number of methoxy groups -OCH3 is 1. The van der Waals surface area contributed by atoms with Crippen LogP contribution in [0.25, 0.3) is 16.5 Å². The zero-order valence-corrected chi connectivity index (χ0v) is 14.0. The summed E-state index contributed by atoms with van der Waals surface area (Å²) in [6.07, 6.45) is 5.61. The van der Waals surface area contributed by atoms with Crippen molar-refractivity contribution in [3.63, 3.8) is 0 Å². The van der Waals surface area contributed by atoms with E-state index in [0.717, 1.165) is 31.8 Å². The van der Waals surface area contributed by atoms with Crippen molar-refractivity contribution in [1.82, 2.24) is 9.88 Å². The molecule has 23 heavy (non-hydrogen) atoms. The summed E-state index contributed by atoms with van der Waals surface area (Å²) >= 11 is 1.78. The highest BCUT2D eigenvalue weighted by molar-refractivity contribution is 7.10. The molecule has 1 N–H and O–H groups in total. The molecule has 0 fully saturated rings. The van der Waals surface area contributed by atoms with Gasteiger partial charge in [-0.05, 0) is 29.5 Å². The summed E-state index contributed by atoms with van der Waals surface area (Å²) < 4.78 is 5.42. The zero-order valence-electron chi connectivity index (χ0n) is 13.2. The molecule has 0 unspecified atom stereocenters. The second kappa shape index (κ2) is 6.22. The van der Waals surface area contributed by atoms with Gasteiger partial charge in [0.2, 0.25) is 0 Å². The third-order valence-electron chi connectivity index (χ3n) is 4.52. The van der Waals surface area contributed by atoms with Crippen molar-refractivity contribution in [3.8, 4) is 5.75 Å².